The summed E-state index contributed by atoms with van der Waals surface area (Å²) in [5, 5.41) is 19.1. The molecule has 21 heavy (non-hydrogen) atoms. The summed E-state index contributed by atoms with van der Waals surface area (Å²) in [5.74, 6) is 0.839. The lowest BCUT2D eigenvalue weighted by molar-refractivity contribution is 0.373. The molecule has 108 valence electrons. The Morgan fingerprint density at radius 3 is 2.38 bits per heavy atom. The van der Waals surface area contributed by atoms with Gasteiger partial charge >= 0.3 is 0 Å². The van der Waals surface area contributed by atoms with Crippen LogP contribution in [0.25, 0.3) is 6.08 Å². The highest BCUT2D eigenvalue weighted by atomic mass is 16.5. The minimum Gasteiger partial charge on any atom is -0.508 e. The van der Waals surface area contributed by atoms with Crippen molar-refractivity contribution in [2.75, 3.05) is 7.11 Å². The van der Waals surface area contributed by atoms with Crippen LogP contribution in [0.2, 0.25) is 0 Å². The van der Waals surface area contributed by atoms with Crippen molar-refractivity contribution in [3.05, 3.63) is 72.3 Å². The van der Waals surface area contributed by atoms with E-state index in [1.165, 1.54) is 7.11 Å². The summed E-state index contributed by atoms with van der Waals surface area (Å²) in [6.07, 6.45) is 5.73. The maximum Gasteiger partial charge on any atom is 0.160 e. The second-order valence-electron chi connectivity index (χ2n) is 4.64. The van der Waals surface area contributed by atoms with E-state index in [2.05, 4.69) is 6.58 Å². The van der Waals surface area contributed by atoms with E-state index in [4.69, 9.17) is 4.74 Å². The standard InChI is InChI=1S/C18H18O3/c1-3-14(15-7-9-16(19)10-8-15)6-4-13-5-11-18(21-2)17(20)12-13/h3-12,14,19-20H,1H2,2H3/b6-4-/t14-/m1/s1. The van der Waals surface area contributed by atoms with E-state index in [0.29, 0.717) is 5.75 Å². The molecule has 3 nitrogen and oxygen atoms in total. The number of rotatable bonds is 5. The zero-order chi connectivity index (χ0) is 15.2. The molecule has 0 fully saturated rings. The molecule has 2 aromatic rings. The van der Waals surface area contributed by atoms with Crippen LogP contribution in [0, 0.1) is 0 Å². The van der Waals surface area contributed by atoms with Crippen molar-refractivity contribution < 1.29 is 14.9 Å². The maximum absolute atomic E-state index is 9.75. The van der Waals surface area contributed by atoms with Crippen LogP contribution in [0.5, 0.6) is 17.2 Å². The van der Waals surface area contributed by atoms with Gasteiger partial charge in [0.2, 0.25) is 0 Å². The first-order valence-corrected chi connectivity index (χ1v) is 6.60. The fraction of sp³-hybridized carbons (Fsp3) is 0.111. The minimum absolute atomic E-state index is 0.0369. The summed E-state index contributed by atoms with van der Waals surface area (Å²) >= 11 is 0. The Morgan fingerprint density at radius 2 is 1.81 bits per heavy atom. The van der Waals surface area contributed by atoms with Gasteiger partial charge in [-0.05, 0) is 35.4 Å². The SMILES string of the molecule is C=C[C@H](/C=C\c1ccc(OC)c(O)c1)c1ccc(O)cc1. The first kappa shape index (κ1) is 14.7. The summed E-state index contributed by atoms with van der Waals surface area (Å²) in [4.78, 5) is 0. The van der Waals surface area contributed by atoms with Crippen molar-refractivity contribution in [1.29, 1.82) is 0 Å². The molecule has 3 heteroatoms. The molecule has 0 spiro atoms. The third kappa shape index (κ3) is 3.66. The highest BCUT2D eigenvalue weighted by molar-refractivity contribution is 5.56. The zero-order valence-corrected chi connectivity index (χ0v) is 11.9. The lowest BCUT2D eigenvalue weighted by Gasteiger charge is -2.08. The molecule has 0 unspecified atom stereocenters. The molecule has 0 bridgehead atoms. The van der Waals surface area contributed by atoms with Gasteiger partial charge in [-0.25, -0.2) is 0 Å². The molecule has 0 radical (unpaired) electrons. The summed E-state index contributed by atoms with van der Waals surface area (Å²) < 4.78 is 5.01. The summed E-state index contributed by atoms with van der Waals surface area (Å²) in [6.45, 7) is 3.83. The fourth-order valence-electron chi connectivity index (χ4n) is 2.05. The molecule has 0 saturated heterocycles. The van der Waals surface area contributed by atoms with E-state index in [9.17, 15) is 10.2 Å². The van der Waals surface area contributed by atoms with Crippen LogP contribution in [-0.4, -0.2) is 17.3 Å². The van der Waals surface area contributed by atoms with E-state index in [0.717, 1.165) is 11.1 Å². The second-order valence-corrected chi connectivity index (χ2v) is 4.64. The van der Waals surface area contributed by atoms with Crippen LogP contribution in [-0.2, 0) is 0 Å². The average molecular weight is 282 g/mol. The zero-order valence-electron chi connectivity index (χ0n) is 11.9. The van der Waals surface area contributed by atoms with E-state index < -0.39 is 0 Å². The lowest BCUT2D eigenvalue weighted by Crippen LogP contribution is -1.90. The Kier molecular flexibility index (Phi) is 4.67. The van der Waals surface area contributed by atoms with E-state index in [-0.39, 0.29) is 17.4 Å². The third-order valence-electron chi connectivity index (χ3n) is 3.23. The highest BCUT2D eigenvalue weighted by Gasteiger charge is 2.04. The molecule has 0 aliphatic heterocycles. The quantitative estimate of drug-likeness (QED) is 0.812. The molecule has 0 aliphatic rings. The monoisotopic (exact) mass is 282 g/mol. The number of ether oxygens (including phenoxy) is 1. The van der Waals surface area contributed by atoms with Crippen LogP contribution in [0.15, 0.2) is 61.2 Å². The van der Waals surface area contributed by atoms with Crippen LogP contribution >= 0.6 is 0 Å². The van der Waals surface area contributed by atoms with Crippen LogP contribution in [0.3, 0.4) is 0 Å². The molecule has 2 N–H and O–H groups in total. The van der Waals surface area contributed by atoms with Crippen LogP contribution in [0.4, 0.5) is 0 Å². The Morgan fingerprint density at radius 1 is 1.10 bits per heavy atom. The molecule has 0 saturated carbocycles. The van der Waals surface area contributed by atoms with Crippen molar-refractivity contribution in [2.24, 2.45) is 0 Å². The van der Waals surface area contributed by atoms with Crippen molar-refractivity contribution in [2.45, 2.75) is 5.92 Å². The van der Waals surface area contributed by atoms with Crippen LogP contribution in [0.1, 0.15) is 17.0 Å². The lowest BCUT2D eigenvalue weighted by atomic mass is 9.98. The van der Waals surface area contributed by atoms with Gasteiger partial charge in [0.1, 0.15) is 5.75 Å². The minimum atomic E-state index is 0.0369. The predicted molar refractivity (Wildman–Crippen MR) is 84.7 cm³/mol. The number of hydrogen-bond acceptors (Lipinski definition) is 3. The van der Waals surface area contributed by atoms with E-state index in [1.807, 2.05) is 36.4 Å². The van der Waals surface area contributed by atoms with Crippen molar-refractivity contribution in [3.8, 4) is 17.2 Å². The Hall–Kier alpha value is -2.68. The molecule has 1 atom stereocenters. The number of aromatic hydroxyl groups is 2. The first-order valence-electron chi connectivity index (χ1n) is 6.60. The topological polar surface area (TPSA) is 49.7 Å². The molecule has 0 amide bonds. The maximum atomic E-state index is 9.75. The summed E-state index contributed by atoms with van der Waals surface area (Å²) in [5.41, 5.74) is 1.91. The van der Waals surface area contributed by atoms with Crippen molar-refractivity contribution in [3.63, 3.8) is 0 Å². The smallest absolute Gasteiger partial charge is 0.160 e. The van der Waals surface area contributed by atoms with Gasteiger partial charge in [-0.1, -0.05) is 36.4 Å². The number of phenols is 2. The molecular formula is C18H18O3. The molecular weight excluding hydrogens is 264 g/mol. The van der Waals surface area contributed by atoms with Crippen molar-refractivity contribution in [1.82, 2.24) is 0 Å². The number of phenolic OH excluding ortho intramolecular Hbond substituents is 2. The number of allylic oxidation sites excluding steroid dienone is 2. The molecule has 2 rings (SSSR count). The summed E-state index contributed by atoms with van der Waals surface area (Å²) in [7, 11) is 1.52. The van der Waals surface area contributed by atoms with Crippen LogP contribution < -0.4 is 4.74 Å². The average Bonchev–Trinajstić information content (AvgIpc) is 2.49. The largest absolute Gasteiger partial charge is 0.508 e. The molecule has 0 heterocycles. The van der Waals surface area contributed by atoms with Gasteiger partial charge in [0.15, 0.2) is 11.5 Å². The molecule has 0 aliphatic carbocycles. The Labute approximate surface area is 124 Å². The summed E-state index contributed by atoms with van der Waals surface area (Å²) in [6, 6.07) is 12.3. The van der Waals surface area contributed by atoms with Gasteiger partial charge in [-0.15, -0.1) is 6.58 Å². The normalized spacial score (nSPS) is 12.2. The van der Waals surface area contributed by atoms with Gasteiger partial charge in [0.25, 0.3) is 0 Å². The fourth-order valence-corrected chi connectivity index (χ4v) is 2.05. The van der Waals surface area contributed by atoms with Gasteiger partial charge in [-0.3, -0.25) is 0 Å². The first-order chi connectivity index (χ1) is 10.1. The Balaban J connectivity index is 2.19. The van der Waals surface area contributed by atoms with Gasteiger partial charge in [0, 0.05) is 5.92 Å². The van der Waals surface area contributed by atoms with Gasteiger partial charge in [0.05, 0.1) is 7.11 Å². The second kappa shape index (κ2) is 6.66. The van der Waals surface area contributed by atoms with E-state index in [1.54, 1.807) is 24.3 Å². The van der Waals surface area contributed by atoms with Gasteiger partial charge < -0.3 is 14.9 Å². The number of hydrogen-bond donors (Lipinski definition) is 2. The van der Waals surface area contributed by atoms with Gasteiger partial charge in [-0.2, -0.15) is 0 Å². The highest BCUT2D eigenvalue weighted by Crippen LogP contribution is 2.28. The molecule has 2 aromatic carbocycles. The number of methoxy groups -OCH3 is 1. The molecule has 0 aromatic heterocycles. The predicted octanol–water partition coefficient (Wildman–Crippen LogP) is 4.09. The van der Waals surface area contributed by atoms with E-state index >= 15 is 0 Å². The van der Waals surface area contributed by atoms with Crippen molar-refractivity contribution >= 4 is 6.08 Å². The Bertz CT molecular complexity index is 642. The third-order valence-corrected chi connectivity index (χ3v) is 3.23. The number of benzene rings is 2.